The van der Waals surface area contributed by atoms with Gasteiger partial charge < -0.3 is 20.3 Å². The van der Waals surface area contributed by atoms with Crippen molar-refractivity contribution in [3.05, 3.63) is 59.7 Å². The summed E-state index contributed by atoms with van der Waals surface area (Å²) in [5, 5.41) is 4.99. The maximum atomic E-state index is 13.6. The number of nitrogens with zero attached hydrogens (tertiary/aromatic N) is 1. The number of nitrogens with one attached hydrogen (secondary N) is 2. The SMILES string of the molecule is CC(NC(=O)Nc1ccc(N2CCOCC2)cc1C(F)(F)F)c1ccccc1. The van der Waals surface area contributed by atoms with Gasteiger partial charge in [0.2, 0.25) is 0 Å². The van der Waals surface area contributed by atoms with Gasteiger partial charge in [-0.3, -0.25) is 0 Å². The Balaban J connectivity index is 1.75. The number of amides is 2. The number of carbonyl (C=O) groups is 1. The summed E-state index contributed by atoms with van der Waals surface area (Å²) in [7, 11) is 0. The van der Waals surface area contributed by atoms with Gasteiger partial charge in [0, 0.05) is 18.8 Å². The zero-order valence-electron chi connectivity index (χ0n) is 15.4. The minimum absolute atomic E-state index is 0.276. The highest BCUT2D eigenvalue weighted by atomic mass is 19.4. The molecule has 8 heteroatoms. The number of urea groups is 1. The summed E-state index contributed by atoms with van der Waals surface area (Å²) < 4.78 is 45.9. The van der Waals surface area contributed by atoms with Crippen molar-refractivity contribution in [2.75, 3.05) is 36.5 Å². The Kier molecular flexibility index (Phi) is 6.08. The smallest absolute Gasteiger partial charge is 0.378 e. The summed E-state index contributed by atoms with van der Waals surface area (Å²) in [6, 6.07) is 12.1. The molecule has 2 N–H and O–H groups in total. The molecular weight excluding hydrogens is 371 g/mol. The van der Waals surface area contributed by atoms with E-state index in [4.69, 9.17) is 4.74 Å². The molecule has 1 heterocycles. The van der Waals surface area contributed by atoms with Crippen LogP contribution in [0.1, 0.15) is 24.1 Å². The highest BCUT2D eigenvalue weighted by molar-refractivity contribution is 5.91. The second-order valence-corrected chi connectivity index (χ2v) is 6.56. The van der Waals surface area contributed by atoms with E-state index < -0.39 is 17.8 Å². The van der Waals surface area contributed by atoms with Crippen LogP contribution >= 0.6 is 0 Å². The van der Waals surface area contributed by atoms with E-state index in [1.54, 1.807) is 13.0 Å². The Bertz CT molecular complexity index is 806. The number of hydrogen-bond donors (Lipinski definition) is 2. The first kappa shape index (κ1) is 20.0. The molecule has 1 unspecified atom stereocenters. The number of halogens is 3. The molecule has 2 amide bonds. The molecule has 5 nitrogen and oxygen atoms in total. The molecule has 0 bridgehead atoms. The lowest BCUT2D eigenvalue weighted by Crippen LogP contribution is -2.36. The fraction of sp³-hybridized carbons (Fsp3) is 0.350. The number of carbonyl (C=O) groups excluding carboxylic acids is 1. The Morgan fingerprint density at radius 1 is 1.11 bits per heavy atom. The summed E-state index contributed by atoms with van der Waals surface area (Å²) in [5.41, 5.74) is 0.164. The molecule has 0 aliphatic carbocycles. The lowest BCUT2D eigenvalue weighted by atomic mass is 10.1. The number of morpholine rings is 1. The highest BCUT2D eigenvalue weighted by Crippen LogP contribution is 2.37. The average molecular weight is 393 g/mol. The Morgan fingerprint density at radius 3 is 2.43 bits per heavy atom. The van der Waals surface area contributed by atoms with Crippen molar-refractivity contribution in [1.29, 1.82) is 0 Å². The third-order valence-electron chi connectivity index (χ3n) is 4.58. The van der Waals surface area contributed by atoms with Crippen molar-refractivity contribution in [2.24, 2.45) is 0 Å². The Labute approximate surface area is 161 Å². The van der Waals surface area contributed by atoms with E-state index in [9.17, 15) is 18.0 Å². The number of alkyl halides is 3. The number of anilines is 2. The van der Waals surface area contributed by atoms with Crippen LogP contribution in [0.15, 0.2) is 48.5 Å². The van der Waals surface area contributed by atoms with Crippen molar-refractivity contribution >= 4 is 17.4 Å². The number of benzene rings is 2. The van der Waals surface area contributed by atoms with Gasteiger partial charge in [-0.15, -0.1) is 0 Å². The first-order valence-electron chi connectivity index (χ1n) is 9.01. The van der Waals surface area contributed by atoms with Gasteiger partial charge in [-0.2, -0.15) is 13.2 Å². The third-order valence-corrected chi connectivity index (χ3v) is 4.58. The van der Waals surface area contributed by atoms with Crippen molar-refractivity contribution < 1.29 is 22.7 Å². The van der Waals surface area contributed by atoms with E-state index in [0.717, 1.165) is 11.6 Å². The van der Waals surface area contributed by atoms with Crippen LogP contribution in [0.25, 0.3) is 0 Å². The number of hydrogen-bond acceptors (Lipinski definition) is 3. The van der Waals surface area contributed by atoms with E-state index in [2.05, 4.69) is 10.6 Å². The molecule has 0 saturated carbocycles. The molecule has 150 valence electrons. The molecule has 1 aliphatic heterocycles. The van der Waals surface area contributed by atoms with E-state index in [-0.39, 0.29) is 11.7 Å². The van der Waals surface area contributed by atoms with Gasteiger partial charge >= 0.3 is 12.2 Å². The molecule has 28 heavy (non-hydrogen) atoms. The lowest BCUT2D eigenvalue weighted by Gasteiger charge is -2.29. The monoisotopic (exact) mass is 393 g/mol. The quantitative estimate of drug-likeness (QED) is 0.808. The van der Waals surface area contributed by atoms with Crippen LogP contribution in [-0.4, -0.2) is 32.3 Å². The first-order valence-corrected chi connectivity index (χ1v) is 9.01. The summed E-state index contributed by atoms with van der Waals surface area (Å²) in [6.07, 6.45) is -4.59. The average Bonchev–Trinajstić information content (AvgIpc) is 2.68. The van der Waals surface area contributed by atoms with Gasteiger partial charge in [-0.1, -0.05) is 30.3 Å². The van der Waals surface area contributed by atoms with Gasteiger partial charge in [-0.05, 0) is 30.7 Å². The highest BCUT2D eigenvalue weighted by Gasteiger charge is 2.35. The van der Waals surface area contributed by atoms with Gasteiger partial charge in [-0.25, -0.2) is 4.79 Å². The zero-order valence-corrected chi connectivity index (χ0v) is 15.4. The lowest BCUT2D eigenvalue weighted by molar-refractivity contribution is -0.136. The molecule has 1 atom stereocenters. The molecular formula is C20H22F3N3O2. The minimum atomic E-state index is -4.59. The second-order valence-electron chi connectivity index (χ2n) is 6.56. The van der Waals surface area contributed by atoms with Gasteiger partial charge in [0.05, 0.1) is 30.5 Å². The van der Waals surface area contributed by atoms with Crippen LogP contribution in [0, 0.1) is 0 Å². The number of ether oxygens (including phenoxy) is 1. The molecule has 1 aliphatic rings. The molecule has 0 aromatic heterocycles. The summed E-state index contributed by atoms with van der Waals surface area (Å²) in [5.74, 6) is 0. The van der Waals surface area contributed by atoms with E-state index in [0.29, 0.717) is 32.0 Å². The van der Waals surface area contributed by atoms with Crippen LogP contribution in [0.3, 0.4) is 0 Å². The maximum Gasteiger partial charge on any atom is 0.418 e. The van der Waals surface area contributed by atoms with Crippen LogP contribution in [0.2, 0.25) is 0 Å². The van der Waals surface area contributed by atoms with Crippen LogP contribution < -0.4 is 15.5 Å². The molecule has 1 saturated heterocycles. The van der Waals surface area contributed by atoms with Crippen molar-refractivity contribution in [2.45, 2.75) is 19.1 Å². The molecule has 2 aromatic rings. The van der Waals surface area contributed by atoms with E-state index in [1.807, 2.05) is 35.2 Å². The normalized spacial score (nSPS) is 15.8. The molecule has 0 spiro atoms. The summed E-state index contributed by atoms with van der Waals surface area (Å²) >= 11 is 0. The van der Waals surface area contributed by atoms with Crippen molar-refractivity contribution in [1.82, 2.24) is 5.32 Å². The third kappa shape index (κ3) is 4.95. The second kappa shape index (κ2) is 8.52. The fourth-order valence-electron chi connectivity index (χ4n) is 3.07. The summed E-state index contributed by atoms with van der Waals surface area (Å²) in [6.45, 7) is 3.77. The predicted octanol–water partition coefficient (Wildman–Crippen LogP) is 4.42. The van der Waals surface area contributed by atoms with Crippen molar-refractivity contribution in [3.8, 4) is 0 Å². The van der Waals surface area contributed by atoms with Crippen LogP contribution in [0.4, 0.5) is 29.3 Å². The predicted molar refractivity (Wildman–Crippen MR) is 101 cm³/mol. The largest absolute Gasteiger partial charge is 0.418 e. The van der Waals surface area contributed by atoms with Gasteiger partial charge in [0.15, 0.2) is 0 Å². The first-order chi connectivity index (χ1) is 13.3. The molecule has 1 fully saturated rings. The standard InChI is InChI=1S/C20H22F3N3O2/c1-14(15-5-3-2-4-6-15)24-19(27)25-18-8-7-16(13-17(18)20(21,22)23)26-9-11-28-12-10-26/h2-8,13-14H,9-12H2,1H3,(H2,24,25,27). The van der Waals surface area contributed by atoms with Gasteiger partial charge in [0.25, 0.3) is 0 Å². The molecule has 0 radical (unpaired) electrons. The van der Waals surface area contributed by atoms with Crippen molar-refractivity contribution in [3.63, 3.8) is 0 Å². The fourth-order valence-corrected chi connectivity index (χ4v) is 3.07. The van der Waals surface area contributed by atoms with Crippen LogP contribution in [0.5, 0.6) is 0 Å². The summed E-state index contributed by atoms with van der Waals surface area (Å²) in [4.78, 5) is 14.1. The number of rotatable bonds is 4. The zero-order chi connectivity index (χ0) is 20.1. The molecule has 3 rings (SSSR count). The van der Waals surface area contributed by atoms with Gasteiger partial charge in [0.1, 0.15) is 0 Å². The maximum absolute atomic E-state index is 13.6. The Hall–Kier alpha value is -2.74. The molecule has 2 aromatic carbocycles. The van der Waals surface area contributed by atoms with E-state index in [1.165, 1.54) is 6.07 Å². The van der Waals surface area contributed by atoms with E-state index >= 15 is 0 Å². The Morgan fingerprint density at radius 2 is 1.79 bits per heavy atom. The van der Waals surface area contributed by atoms with Crippen LogP contribution in [-0.2, 0) is 10.9 Å². The topological polar surface area (TPSA) is 53.6 Å². The minimum Gasteiger partial charge on any atom is -0.378 e.